The van der Waals surface area contributed by atoms with Gasteiger partial charge >= 0.3 is 0 Å². The van der Waals surface area contributed by atoms with Crippen LogP contribution in [-0.2, 0) is 4.79 Å². The Labute approximate surface area is 105 Å². The van der Waals surface area contributed by atoms with Crippen LogP contribution in [0.1, 0.15) is 23.8 Å². The Bertz CT molecular complexity index is 404. The highest BCUT2D eigenvalue weighted by molar-refractivity contribution is 5.92. The van der Waals surface area contributed by atoms with Crippen LogP contribution >= 0.6 is 0 Å². The smallest absolute Gasteiger partial charge is 0.271 e. The molecule has 1 aromatic rings. The monoisotopic (exact) mass is 251 g/mol. The second-order valence-corrected chi connectivity index (χ2v) is 3.51. The second-order valence-electron chi connectivity index (χ2n) is 3.51. The molecule has 0 bridgehead atoms. The highest BCUT2D eigenvalue weighted by Crippen LogP contribution is 2.00. The van der Waals surface area contributed by atoms with Gasteiger partial charge in [-0.1, -0.05) is 0 Å². The molecule has 1 rings (SSSR count). The number of amides is 2. The summed E-state index contributed by atoms with van der Waals surface area (Å²) in [5.74, 6) is 0.165. The predicted octanol–water partition coefficient (Wildman–Crippen LogP) is -0.226. The van der Waals surface area contributed by atoms with E-state index in [1.807, 2.05) is 6.92 Å². The number of nitrogens with one attached hydrogen (secondary N) is 3. The summed E-state index contributed by atoms with van der Waals surface area (Å²) in [5, 5.41) is 15.6. The number of carbonyl (C=O) groups excluding carboxylic acids is 2. The summed E-state index contributed by atoms with van der Waals surface area (Å²) < 4.78 is 0. The molecule has 3 N–H and O–H groups in total. The zero-order valence-corrected chi connectivity index (χ0v) is 10.5. The van der Waals surface area contributed by atoms with Gasteiger partial charge in [0.25, 0.3) is 5.91 Å². The Kier molecular flexibility index (Phi) is 5.56. The normalized spacial score (nSPS) is 9.67. The first-order valence-electron chi connectivity index (χ1n) is 5.73. The average Bonchev–Trinajstić information content (AvgIpc) is 2.39. The summed E-state index contributed by atoms with van der Waals surface area (Å²) in [4.78, 5) is 22.8. The Balaban J connectivity index is 2.38. The summed E-state index contributed by atoms with van der Waals surface area (Å²) in [6.07, 6.45) is 0.252. The van der Waals surface area contributed by atoms with Gasteiger partial charge in [0.05, 0.1) is 0 Å². The summed E-state index contributed by atoms with van der Waals surface area (Å²) in [7, 11) is 1.72. The Hall–Kier alpha value is -2.18. The van der Waals surface area contributed by atoms with Crippen molar-refractivity contribution >= 4 is 17.6 Å². The zero-order chi connectivity index (χ0) is 13.4. The molecule has 0 radical (unpaired) electrons. The maximum Gasteiger partial charge on any atom is 0.271 e. The molecule has 0 aliphatic heterocycles. The number of hydrogen-bond donors (Lipinski definition) is 3. The third-order valence-electron chi connectivity index (χ3n) is 2.16. The van der Waals surface area contributed by atoms with Crippen LogP contribution in [0.5, 0.6) is 0 Å². The summed E-state index contributed by atoms with van der Waals surface area (Å²) in [6.45, 7) is 2.71. The van der Waals surface area contributed by atoms with Gasteiger partial charge in [-0.15, -0.1) is 10.2 Å². The molecule has 1 aromatic heterocycles. The van der Waals surface area contributed by atoms with Gasteiger partial charge in [-0.2, -0.15) is 0 Å². The number of anilines is 1. The maximum absolute atomic E-state index is 11.6. The van der Waals surface area contributed by atoms with Crippen molar-refractivity contribution in [3.63, 3.8) is 0 Å². The van der Waals surface area contributed by atoms with Crippen LogP contribution in [0, 0.1) is 0 Å². The van der Waals surface area contributed by atoms with Crippen molar-refractivity contribution in [2.45, 2.75) is 13.3 Å². The first-order chi connectivity index (χ1) is 8.67. The maximum atomic E-state index is 11.6. The van der Waals surface area contributed by atoms with E-state index in [0.29, 0.717) is 12.4 Å². The van der Waals surface area contributed by atoms with Crippen LogP contribution in [0.4, 0.5) is 5.82 Å². The number of rotatable bonds is 6. The van der Waals surface area contributed by atoms with Gasteiger partial charge < -0.3 is 16.0 Å². The number of hydrogen-bond acceptors (Lipinski definition) is 5. The fraction of sp³-hybridized carbons (Fsp3) is 0.455. The molecular weight excluding hydrogens is 234 g/mol. The van der Waals surface area contributed by atoms with Crippen LogP contribution in [0.2, 0.25) is 0 Å². The molecule has 0 aliphatic carbocycles. The van der Waals surface area contributed by atoms with Gasteiger partial charge in [-0.25, -0.2) is 0 Å². The lowest BCUT2D eigenvalue weighted by molar-refractivity contribution is -0.120. The fourth-order valence-corrected chi connectivity index (χ4v) is 1.25. The summed E-state index contributed by atoms with van der Waals surface area (Å²) in [5.41, 5.74) is 0.227. The van der Waals surface area contributed by atoms with Crippen LogP contribution in [0.25, 0.3) is 0 Å². The van der Waals surface area contributed by atoms with Gasteiger partial charge in [0, 0.05) is 26.6 Å². The van der Waals surface area contributed by atoms with Crippen molar-refractivity contribution in [1.29, 1.82) is 0 Å². The van der Waals surface area contributed by atoms with E-state index < -0.39 is 0 Å². The van der Waals surface area contributed by atoms with Crippen LogP contribution in [0.15, 0.2) is 12.1 Å². The molecule has 1 heterocycles. The lowest BCUT2D eigenvalue weighted by Gasteiger charge is -2.05. The highest BCUT2D eigenvalue weighted by atomic mass is 16.2. The highest BCUT2D eigenvalue weighted by Gasteiger charge is 2.08. The topological polar surface area (TPSA) is 96.0 Å². The van der Waals surface area contributed by atoms with Crippen molar-refractivity contribution in [3.8, 4) is 0 Å². The molecule has 98 valence electrons. The minimum Gasteiger partial charge on any atom is -0.372 e. The lowest BCUT2D eigenvalue weighted by Crippen LogP contribution is -2.31. The minimum atomic E-state index is -0.338. The zero-order valence-electron chi connectivity index (χ0n) is 10.5. The van der Waals surface area contributed by atoms with Crippen LogP contribution in [0.3, 0.4) is 0 Å². The number of aromatic nitrogens is 2. The molecule has 7 heteroatoms. The predicted molar refractivity (Wildman–Crippen MR) is 67.2 cm³/mol. The van der Waals surface area contributed by atoms with Gasteiger partial charge in [0.1, 0.15) is 5.82 Å². The van der Waals surface area contributed by atoms with E-state index in [1.165, 1.54) is 0 Å². The van der Waals surface area contributed by atoms with E-state index >= 15 is 0 Å². The average molecular weight is 251 g/mol. The third kappa shape index (κ3) is 4.36. The number of nitrogens with zero attached hydrogens (tertiary/aromatic N) is 2. The first-order valence-corrected chi connectivity index (χ1v) is 5.73. The molecular formula is C11H17N5O2. The molecule has 18 heavy (non-hydrogen) atoms. The van der Waals surface area contributed by atoms with Gasteiger partial charge in [-0.05, 0) is 19.1 Å². The van der Waals surface area contributed by atoms with E-state index in [1.54, 1.807) is 19.2 Å². The van der Waals surface area contributed by atoms with E-state index in [0.717, 1.165) is 0 Å². The van der Waals surface area contributed by atoms with Crippen LogP contribution in [-0.4, -0.2) is 42.1 Å². The van der Waals surface area contributed by atoms with Crippen molar-refractivity contribution in [1.82, 2.24) is 20.8 Å². The van der Waals surface area contributed by atoms with Crippen LogP contribution < -0.4 is 16.0 Å². The lowest BCUT2D eigenvalue weighted by atomic mass is 10.3. The molecule has 0 unspecified atom stereocenters. The van der Waals surface area contributed by atoms with Gasteiger partial charge in [0.2, 0.25) is 5.91 Å². The third-order valence-corrected chi connectivity index (χ3v) is 2.16. The molecule has 2 amide bonds. The summed E-state index contributed by atoms with van der Waals surface area (Å²) >= 11 is 0. The summed E-state index contributed by atoms with van der Waals surface area (Å²) in [6, 6.07) is 3.23. The molecule has 0 saturated heterocycles. The standard InChI is InChI=1S/C11H17N5O2/c1-3-13-10(17)6-7-14-11(18)8-4-5-9(12-2)16-15-8/h4-5H,3,6-7H2,1-2H3,(H,12,16)(H,13,17)(H,14,18). The molecule has 0 aromatic carbocycles. The SMILES string of the molecule is CCNC(=O)CCNC(=O)c1ccc(NC)nn1. The largest absolute Gasteiger partial charge is 0.372 e. The van der Waals surface area contributed by atoms with Gasteiger partial charge in [0.15, 0.2) is 5.69 Å². The van der Waals surface area contributed by atoms with E-state index in [4.69, 9.17) is 0 Å². The number of carbonyl (C=O) groups is 2. The minimum absolute atomic E-state index is 0.0885. The first kappa shape index (κ1) is 13.9. The molecule has 0 fully saturated rings. The fourth-order valence-electron chi connectivity index (χ4n) is 1.25. The molecule has 0 aliphatic rings. The quantitative estimate of drug-likeness (QED) is 0.649. The van der Waals surface area contributed by atoms with Crippen molar-refractivity contribution in [2.24, 2.45) is 0 Å². The van der Waals surface area contributed by atoms with Crippen molar-refractivity contribution in [2.75, 3.05) is 25.5 Å². The Morgan fingerprint density at radius 1 is 1.22 bits per heavy atom. The van der Waals surface area contributed by atoms with E-state index in [-0.39, 0.29) is 30.5 Å². The Morgan fingerprint density at radius 3 is 2.56 bits per heavy atom. The van der Waals surface area contributed by atoms with E-state index in [9.17, 15) is 9.59 Å². The van der Waals surface area contributed by atoms with Crippen molar-refractivity contribution in [3.05, 3.63) is 17.8 Å². The van der Waals surface area contributed by atoms with Gasteiger partial charge in [-0.3, -0.25) is 9.59 Å². The van der Waals surface area contributed by atoms with Crippen molar-refractivity contribution < 1.29 is 9.59 Å². The molecule has 0 spiro atoms. The van der Waals surface area contributed by atoms with E-state index in [2.05, 4.69) is 26.1 Å². The molecule has 0 atom stereocenters. The molecule has 7 nitrogen and oxygen atoms in total. The Morgan fingerprint density at radius 2 is 2.00 bits per heavy atom. The molecule has 0 saturated carbocycles. The second kappa shape index (κ2) is 7.21.